The van der Waals surface area contributed by atoms with Crippen molar-refractivity contribution in [3.63, 3.8) is 0 Å². The summed E-state index contributed by atoms with van der Waals surface area (Å²) in [4.78, 5) is 12.7. The van der Waals surface area contributed by atoms with Gasteiger partial charge in [-0.05, 0) is 31.2 Å². The van der Waals surface area contributed by atoms with Crippen LogP contribution in [-0.4, -0.2) is 40.8 Å². The van der Waals surface area contributed by atoms with E-state index >= 15 is 0 Å². The van der Waals surface area contributed by atoms with Gasteiger partial charge in [0.1, 0.15) is 17.5 Å². The quantitative estimate of drug-likeness (QED) is 0.753. The Morgan fingerprint density at radius 3 is 2.29 bits per heavy atom. The molecule has 0 aliphatic carbocycles. The van der Waals surface area contributed by atoms with Crippen LogP contribution >= 0.6 is 0 Å². The fourth-order valence-corrected chi connectivity index (χ4v) is 3.74. The highest BCUT2D eigenvalue weighted by atomic mass is 32.2. The molecule has 0 bridgehead atoms. The predicted octanol–water partition coefficient (Wildman–Crippen LogP) is 2.78. The van der Waals surface area contributed by atoms with Crippen LogP contribution in [0.5, 0.6) is 11.5 Å². The number of hydrogen-bond donors (Lipinski definition) is 1. The number of carbonyl (C=O) groups is 1. The molecule has 0 fully saturated rings. The molecule has 0 aliphatic heterocycles. The van der Waals surface area contributed by atoms with Gasteiger partial charge >= 0.3 is 0 Å². The van der Waals surface area contributed by atoms with E-state index in [1.54, 1.807) is 12.1 Å². The Hall–Kier alpha value is -2.88. The number of halogens is 2. The minimum Gasteiger partial charge on any atom is -0.497 e. The average molecular weight is 414 g/mol. The highest BCUT2D eigenvalue weighted by molar-refractivity contribution is 7.92. The smallest absolute Gasteiger partial charge is 0.248 e. The lowest BCUT2D eigenvalue weighted by Gasteiger charge is -2.28. The van der Waals surface area contributed by atoms with E-state index in [0.717, 1.165) is 18.4 Å². The average Bonchev–Trinajstić information content (AvgIpc) is 2.63. The molecular formula is C18H20F2N2O5S. The highest BCUT2D eigenvalue weighted by Crippen LogP contribution is 2.30. The predicted molar refractivity (Wildman–Crippen MR) is 101 cm³/mol. The van der Waals surface area contributed by atoms with E-state index in [9.17, 15) is 22.0 Å². The Morgan fingerprint density at radius 2 is 1.75 bits per heavy atom. The normalized spacial score (nSPS) is 12.2. The number of methoxy groups -OCH3 is 2. The molecule has 1 unspecified atom stereocenters. The van der Waals surface area contributed by atoms with Gasteiger partial charge in [-0.2, -0.15) is 0 Å². The summed E-state index contributed by atoms with van der Waals surface area (Å²) in [5.74, 6) is -2.24. The monoisotopic (exact) mass is 414 g/mol. The Bertz CT molecular complexity index is 982. The zero-order chi connectivity index (χ0) is 21.1. The lowest BCUT2D eigenvalue weighted by atomic mass is 10.2. The van der Waals surface area contributed by atoms with Gasteiger partial charge in [0.2, 0.25) is 15.9 Å². The molecule has 2 aromatic rings. The molecule has 0 heterocycles. The molecule has 0 spiro atoms. The molecule has 28 heavy (non-hydrogen) atoms. The maximum atomic E-state index is 13.6. The van der Waals surface area contributed by atoms with Crippen LogP contribution in [0.3, 0.4) is 0 Å². The van der Waals surface area contributed by atoms with E-state index in [0.29, 0.717) is 27.6 Å². The molecule has 0 aliphatic rings. The summed E-state index contributed by atoms with van der Waals surface area (Å²) >= 11 is 0. The first kappa shape index (κ1) is 21.4. The summed E-state index contributed by atoms with van der Waals surface area (Å²) in [6.45, 7) is 1.33. The van der Waals surface area contributed by atoms with Crippen molar-refractivity contribution in [2.75, 3.05) is 30.1 Å². The SMILES string of the molecule is COc1ccc(NC(=O)C(C)N(c2ccc(F)c(F)c2)S(C)(=O)=O)c(OC)c1. The summed E-state index contributed by atoms with van der Waals surface area (Å²) < 4.78 is 62.2. The van der Waals surface area contributed by atoms with E-state index in [2.05, 4.69) is 5.32 Å². The number of nitrogens with zero attached hydrogens (tertiary/aromatic N) is 1. The van der Waals surface area contributed by atoms with E-state index in [4.69, 9.17) is 9.47 Å². The first-order valence-corrected chi connectivity index (χ1v) is 9.90. The topological polar surface area (TPSA) is 84.9 Å². The standard InChI is InChI=1S/C18H20F2N2O5S/c1-11(18(23)21-16-8-6-13(26-2)10-17(16)27-3)22(28(4,24)25)12-5-7-14(19)15(20)9-12/h5-11H,1-4H3,(H,21,23). The largest absolute Gasteiger partial charge is 0.497 e. The van der Waals surface area contributed by atoms with Crippen LogP contribution in [0.25, 0.3) is 0 Å². The van der Waals surface area contributed by atoms with Gasteiger partial charge in [-0.3, -0.25) is 9.10 Å². The van der Waals surface area contributed by atoms with Crippen molar-refractivity contribution >= 4 is 27.3 Å². The van der Waals surface area contributed by atoms with Crippen LogP contribution in [0.2, 0.25) is 0 Å². The Morgan fingerprint density at radius 1 is 1.07 bits per heavy atom. The van der Waals surface area contributed by atoms with Gasteiger partial charge < -0.3 is 14.8 Å². The Balaban J connectivity index is 2.36. The molecule has 1 N–H and O–H groups in total. The van der Waals surface area contributed by atoms with Crippen molar-refractivity contribution < 1.29 is 31.5 Å². The van der Waals surface area contributed by atoms with Gasteiger partial charge in [0, 0.05) is 12.1 Å². The second kappa shape index (κ2) is 8.42. The molecule has 1 amide bonds. The lowest BCUT2D eigenvalue weighted by Crippen LogP contribution is -2.45. The summed E-state index contributed by atoms with van der Waals surface area (Å²) in [7, 11) is -1.10. The molecule has 0 saturated heterocycles. The number of hydrogen-bond acceptors (Lipinski definition) is 5. The minimum absolute atomic E-state index is 0.175. The Labute approximate surface area is 161 Å². The molecular weight excluding hydrogens is 394 g/mol. The fourth-order valence-electron chi connectivity index (χ4n) is 2.57. The number of rotatable bonds is 7. The summed E-state index contributed by atoms with van der Waals surface area (Å²) in [6.07, 6.45) is 0.867. The number of sulfonamides is 1. The zero-order valence-electron chi connectivity index (χ0n) is 15.7. The van der Waals surface area contributed by atoms with Crippen LogP contribution in [-0.2, 0) is 14.8 Å². The van der Waals surface area contributed by atoms with Crippen LogP contribution < -0.4 is 19.1 Å². The van der Waals surface area contributed by atoms with Gasteiger partial charge in [-0.1, -0.05) is 0 Å². The first-order valence-electron chi connectivity index (χ1n) is 8.05. The van der Waals surface area contributed by atoms with Gasteiger partial charge in [-0.25, -0.2) is 17.2 Å². The van der Waals surface area contributed by atoms with E-state index < -0.39 is 33.6 Å². The first-order chi connectivity index (χ1) is 13.1. The number of nitrogens with one attached hydrogen (secondary N) is 1. The van der Waals surface area contributed by atoms with E-state index in [1.165, 1.54) is 27.2 Å². The molecule has 7 nitrogen and oxygen atoms in total. The van der Waals surface area contributed by atoms with Crippen molar-refractivity contribution in [3.8, 4) is 11.5 Å². The Kier molecular flexibility index (Phi) is 6.45. The van der Waals surface area contributed by atoms with Crippen molar-refractivity contribution in [1.82, 2.24) is 0 Å². The molecule has 1 atom stereocenters. The third kappa shape index (κ3) is 4.69. The summed E-state index contributed by atoms with van der Waals surface area (Å²) in [6, 6.07) is 6.00. The van der Waals surface area contributed by atoms with E-state index in [-0.39, 0.29) is 5.69 Å². The minimum atomic E-state index is -3.98. The number of ether oxygens (including phenoxy) is 2. The summed E-state index contributed by atoms with van der Waals surface area (Å²) in [5, 5.41) is 2.57. The summed E-state index contributed by atoms with van der Waals surface area (Å²) in [5.41, 5.74) is 0.115. The maximum Gasteiger partial charge on any atom is 0.248 e. The molecule has 0 radical (unpaired) electrons. The van der Waals surface area contributed by atoms with Crippen LogP contribution in [0, 0.1) is 11.6 Å². The zero-order valence-corrected chi connectivity index (χ0v) is 16.5. The lowest BCUT2D eigenvalue weighted by molar-refractivity contribution is -0.116. The van der Waals surface area contributed by atoms with Crippen LogP contribution in [0.1, 0.15) is 6.92 Å². The van der Waals surface area contributed by atoms with Gasteiger partial charge in [0.25, 0.3) is 0 Å². The second-order valence-corrected chi connectivity index (χ2v) is 7.75. The maximum absolute atomic E-state index is 13.6. The number of carbonyl (C=O) groups excluding carboxylic acids is 1. The fraction of sp³-hybridized carbons (Fsp3) is 0.278. The molecule has 2 rings (SSSR count). The molecule has 2 aromatic carbocycles. The number of anilines is 2. The van der Waals surface area contributed by atoms with Crippen LogP contribution in [0.4, 0.5) is 20.2 Å². The van der Waals surface area contributed by atoms with Crippen LogP contribution in [0.15, 0.2) is 36.4 Å². The van der Waals surface area contributed by atoms with Crippen molar-refractivity contribution in [1.29, 1.82) is 0 Å². The van der Waals surface area contributed by atoms with Crippen molar-refractivity contribution in [3.05, 3.63) is 48.0 Å². The third-order valence-corrected chi connectivity index (χ3v) is 5.15. The van der Waals surface area contributed by atoms with Gasteiger partial charge in [-0.15, -0.1) is 0 Å². The van der Waals surface area contributed by atoms with Gasteiger partial charge in [0.05, 0.1) is 31.9 Å². The molecule has 152 valence electrons. The third-order valence-electron chi connectivity index (χ3n) is 3.91. The number of benzene rings is 2. The van der Waals surface area contributed by atoms with E-state index in [1.807, 2.05) is 0 Å². The van der Waals surface area contributed by atoms with Crippen molar-refractivity contribution in [2.45, 2.75) is 13.0 Å². The number of amides is 1. The second-order valence-electron chi connectivity index (χ2n) is 5.89. The highest BCUT2D eigenvalue weighted by Gasteiger charge is 2.30. The molecule has 0 aromatic heterocycles. The van der Waals surface area contributed by atoms with Crippen molar-refractivity contribution in [2.24, 2.45) is 0 Å². The molecule has 0 saturated carbocycles. The van der Waals surface area contributed by atoms with Gasteiger partial charge in [0.15, 0.2) is 11.6 Å². The molecule has 10 heteroatoms.